The number of methoxy groups -OCH3 is 1. The Morgan fingerprint density at radius 2 is 2.08 bits per heavy atom. The van der Waals surface area contributed by atoms with Crippen molar-refractivity contribution in [3.8, 4) is 5.75 Å². The maximum absolute atomic E-state index is 12.9. The molecule has 26 heavy (non-hydrogen) atoms. The van der Waals surface area contributed by atoms with Gasteiger partial charge in [0.1, 0.15) is 5.75 Å². The minimum absolute atomic E-state index is 0.0179. The highest BCUT2D eigenvalue weighted by Gasteiger charge is 2.33. The lowest BCUT2D eigenvalue weighted by atomic mass is 9.95. The molecule has 1 aromatic carbocycles. The fourth-order valence-electron chi connectivity index (χ4n) is 2.83. The highest BCUT2D eigenvalue weighted by molar-refractivity contribution is 7.89. The van der Waals surface area contributed by atoms with Crippen LogP contribution in [-0.2, 0) is 14.8 Å². The van der Waals surface area contributed by atoms with Crippen molar-refractivity contribution >= 4 is 27.5 Å². The van der Waals surface area contributed by atoms with E-state index >= 15 is 0 Å². The average Bonchev–Trinajstić information content (AvgIpc) is 2.59. The van der Waals surface area contributed by atoms with Crippen LogP contribution in [-0.4, -0.2) is 45.4 Å². The number of amides is 1. The second-order valence-corrected chi connectivity index (χ2v) is 10.1. The molecule has 1 amide bonds. The van der Waals surface area contributed by atoms with Gasteiger partial charge in [0, 0.05) is 19.6 Å². The molecule has 0 spiro atoms. The lowest BCUT2D eigenvalue weighted by Crippen LogP contribution is -2.46. The van der Waals surface area contributed by atoms with E-state index in [1.165, 1.54) is 29.6 Å². The van der Waals surface area contributed by atoms with Crippen LogP contribution in [0.2, 0.25) is 5.02 Å². The zero-order chi connectivity index (χ0) is 19.5. The van der Waals surface area contributed by atoms with Gasteiger partial charge in [0.25, 0.3) is 0 Å². The number of nitrogens with one attached hydrogen (secondary N) is 1. The molecular weight excluding hydrogens is 376 g/mol. The molecular formula is C18H27ClN2O4S. The molecule has 1 N–H and O–H groups in total. The monoisotopic (exact) mass is 402 g/mol. The Labute approximate surface area is 160 Å². The molecule has 0 aliphatic carbocycles. The van der Waals surface area contributed by atoms with E-state index in [4.69, 9.17) is 16.3 Å². The van der Waals surface area contributed by atoms with Crippen molar-refractivity contribution in [1.29, 1.82) is 0 Å². The molecule has 0 aromatic heterocycles. The van der Waals surface area contributed by atoms with Crippen LogP contribution in [0.4, 0.5) is 0 Å². The quantitative estimate of drug-likeness (QED) is 0.821. The summed E-state index contributed by atoms with van der Waals surface area (Å²) in [5.74, 6) is -0.00845. The topological polar surface area (TPSA) is 75.7 Å². The minimum Gasteiger partial charge on any atom is -0.495 e. The molecule has 1 atom stereocenters. The number of nitrogens with zero attached hydrogens (tertiary/aromatic N) is 1. The van der Waals surface area contributed by atoms with E-state index in [1.54, 1.807) is 0 Å². The lowest BCUT2D eigenvalue weighted by Gasteiger charge is -2.32. The Hall–Kier alpha value is -1.31. The van der Waals surface area contributed by atoms with Crippen molar-refractivity contribution in [2.45, 2.75) is 38.5 Å². The number of halogens is 1. The van der Waals surface area contributed by atoms with Gasteiger partial charge < -0.3 is 10.1 Å². The molecule has 2 rings (SSSR count). The summed E-state index contributed by atoms with van der Waals surface area (Å²) >= 11 is 6.07. The molecule has 8 heteroatoms. The second kappa shape index (κ2) is 8.15. The third-order valence-corrected chi connectivity index (χ3v) is 6.47. The smallest absolute Gasteiger partial charge is 0.243 e. The van der Waals surface area contributed by atoms with Gasteiger partial charge in [-0.05, 0) is 36.5 Å². The van der Waals surface area contributed by atoms with E-state index in [0.29, 0.717) is 31.7 Å². The van der Waals surface area contributed by atoms with Crippen LogP contribution < -0.4 is 10.1 Å². The van der Waals surface area contributed by atoms with Gasteiger partial charge in [0.2, 0.25) is 15.9 Å². The second-order valence-electron chi connectivity index (χ2n) is 7.78. The molecule has 6 nitrogen and oxygen atoms in total. The van der Waals surface area contributed by atoms with Gasteiger partial charge in [0.05, 0.1) is 22.9 Å². The molecule has 146 valence electrons. The van der Waals surface area contributed by atoms with Crippen LogP contribution in [0.15, 0.2) is 23.1 Å². The molecule has 0 bridgehead atoms. The first-order valence-electron chi connectivity index (χ1n) is 8.66. The van der Waals surface area contributed by atoms with Crippen LogP contribution >= 0.6 is 11.6 Å². The first kappa shape index (κ1) is 21.0. The largest absolute Gasteiger partial charge is 0.495 e. The number of sulfonamides is 1. The van der Waals surface area contributed by atoms with Gasteiger partial charge in [-0.3, -0.25) is 4.79 Å². The minimum atomic E-state index is -3.71. The Kier molecular flexibility index (Phi) is 6.58. The van der Waals surface area contributed by atoms with E-state index in [2.05, 4.69) is 5.32 Å². The predicted molar refractivity (Wildman–Crippen MR) is 102 cm³/mol. The summed E-state index contributed by atoms with van der Waals surface area (Å²) < 4.78 is 32.3. The van der Waals surface area contributed by atoms with E-state index in [9.17, 15) is 13.2 Å². The molecule has 1 aliphatic heterocycles. The molecule has 1 saturated heterocycles. The lowest BCUT2D eigenvalue weighted by molar-refractivity contribution is -0.126. The average molecular weight is 403 g/mol. The van der Waals surface area contributed by atoms with Crippen molar-refractivity contribution < 1.29 is 17.9 Å². The van der Waals surface area contributed by atoms with Crippen molar-refractivity contribution in [1.82, 2.24) is 9.62 Å². The zero-order valence-electron chi connectivity index (χ0n) is 15.7. The van der Waals surface area contributed by atoms with Gasteiger partial charge in [0.15, 0.2) is 0 Å². The summed E-state index contributed by atoms with van der Waals surface area (Å²) in [7, 11) is -2.23. The van der Waals surface area contributed by atoms with Gasteiger partial charge >= 0.3 is 0 Å². The van der Waals surface area contributed by atoms with E-state index in [-0.39, 0.29) is 33.7 Å². The highest BCUT2D eigenvalue weighted by atomic mass is 35.5. The number of carbonyl (C=O) groups excluding carboxylic acids is 1. The fraction of sp³-hybridized carbons (Fsp3) is 0.611. The predicted octanol–water partition coefficient (Wildman–Crippen LogP) is 2.91. The Morgan fingerprint density at radius 1 is 1.38 bits per heavy atom. The van der Waals surface area contributed by atoms with E-state index in [0.717, 1.165) is 0 Å². The number of benzene rings is 1. The third kappa shape index (κ3) is 5.11. The maximum Gasteiger partial charge on any atom is 0.243 e. The first-order valence-corrected chi connectivity index (χ1v) is 10.5. The first-order chi connectivity index (χ1) is 12.0. The van der Waals surface area contributed by atoms with Crippen molar-refractivity contribution in [2.75, 3.05) is 26.7 Å². The summed E-state index contributed by atoms with van der Waals surface area (Å²) in [6, 6.07) is 4.40. The van der Waals surface area contributed by atoms with Crippen molar-refractivity contribution in [3.63, 3.8) is 0 Å². The summed E-state index contributed by atoms with van der Waals surface area (Å²) in [5.41, 5.74) is -0.0179. The van der Waals surface area contributed by atoms with Crippen LogP contribution in [0.1, 0.15) is 33.6 Å². The SMILES string of the molecule is COc1ccc(S(=O)(=O)N2CCC[C@@H](C(=O)NCC(C)(C)C)C2)cc1Cl. The number of rotatable bonds is 5. The Balaban J connectivity index is 2.12. The molecule has 1 fully saturated rings. The molecule has 0 radical (unpaired) electrons. The van der Waals surface area contributed by atoms with Crippen molar-refractivity contribution in [2.24, 2.45) is 11.3 Å². The number of hydrogen-bond donors (Lipinski definition) is 1. The number of piperidine rings is 1. The van der Waals surface area contributed by atoms with Gasteiger partial charge in [-0.25, -0.2) is 8.42 Å². The van der Waals surface area contributed by atoms with Crippen LogP contribution in [0.25, 0.3) is 0 Å². The van der Waals surface area contributed by atoms with Crippen LogP contribution in [0, 0.1) is 11.3 Å². The highest BCUT2D eigenvalue weighted by Crippen LogP contribution is 2.30. The molecule has 0 unspecified atom stereocenters. The standard InChI is InChI=1S/C18H27ClN2O4S/c1-18(2,3)12-20-17(22)13-6-5-9-21(11-13)26(23,24)14-7-8-16(25-4)15(19)10-14/h7-8,10,13H,5-6,9,11-12H2,1-4H3,(H,20,22)/t13-/m1/s1. The summed E-state index contributed by atoms with van der Waals surface area (Å²) in [4.78, 5) is 12.5. The normalized spacial score (nSPS) is 19.2. The summed E-state index contributed by atoms with van der Waals surface area (Å²) in [5, 5.41) is 3.17. The van der Waals surface area contributed by atoms with Gasteiger partial charge in [-0.1, -0.05) is 32.4 Å². The summed E-state index contributed by atoms with van der Waals surface area (Å²) in [6.45, 7) is 7.26. The Morgan fingerprint density at radius 3 is 2.65 bits per heavy atom. The maximum atomic E-state index is 12.9. The number of hydrogen-bond acceptors (Lipinski definition) is 4. The molecule has 1 aliphatic rings. The fourth-order valence-corrected chi connectivity index (χ4v) is 4.70. The summed E-state index contributed by atoms with van der Waals surface area (Å²) in [6.07, 6.45) is 1.34. The zero-order valence-corrected chi connectivity index (χ0v) is 17.3. The number of carbonyl (C=O) groups is 1. The van der Waals surface area contributed by atoms with E-state index in [1.807, 2.05) is 20.8 Å². The van der Waals surface area contributed by atoms with E-state index < -0.39 is 10.0 Å². The van der Waals surface area contributed by atoms with Crippen LogP contribution in [0.5, 0.6) is 5.75 Å². The molecule has 0 saturated carbocycles. The third-order valence-electron chi connectivity index (χ3n) is 4.31. The van der Waals surface area contributed by atoms with Gasteiger partial charge in [-0.2, -0.15) is 4.31 Å². The van der Waals surface area contributed by atoms with Crippen LogP contribution in [0.3, 0.4) is 0 Å². The van der Waals surface area contributed by atoms with Crippen molar-refractivity contribution in [3.05, 3.63) is 23.2 Å². The molecule has 1 heterocycles. The Bertz CT molecular complexity index is 759. The molecule has 1 aromatic rings. The number of ether oxygens (including phenoxy) is 1. The van der Waals surface area contributed by atoms with Gasteiger partial charge in [-0.15, -0.1) is 0 Å².